The van der Waals surface area contributed by atoms with Crippen molar-refractivity contribution in [2.75, 3.05) is 30.6 Å². The zero-order valence-corrected chi connectivity index (χ0v) is 19.9. The lowest BCUT2D eigenvalue weighted by Crippen LogP contribution is -2.13. The highest BCUT2D eigenvalue weighted by Gasteiger charge is 2.12. The number of amides is 2. The van der Waals surface area contributed by atoms with Gasteiger partial charge in [0, 0.05) is 33.7 Å². The first-order valence-electron chi connectivity index (χ1n) is 9.80. The van der Waals surface area contributed by atoms with Crippen molar-refractivity contribution in [2.24, 2.45) is 0 Å². The summed E-state index contributed by atoms with van der Waals surface area (Å²) in [5.41, 5.74) is 2.03. The Bertz CT molecular complexity index is 1220. The molecule has 3 N–H and O–H groups in total. The Hall–Kier alpha value is -3.83. The second-order valence-corrected chi connectivity index (χ2v) is 8.54. The van der Waals surface area contributed by atoms with Crippen LogP contribution in [0.5, 0.6) is 11.5 Å². The molecular formula is C23H21N3O6S2. The molecule has 0 aliphatic carbocycles. The molecule has 0 bridgehead atoms. The molecule has 9 nitrogen and oxygen atoms in total. The van der Waals surface area contributed by atoms with Gasteiger partial charge in [-0.1, -0.05) is 6.07 Å². The first-order chi connectivity index (χ1) is 16.4. The highest BCUT2D eigenvalue weighted by atomic mass is 32.2. The SMILES string of the molecule is COc1ccc(-c2csc(NC(=O)CSc3cccc(NC(=O)/C=C/C(=O)O)c3)n2)cc1OC. The van der Waals surface area contributed by atoms with Crippen molar-refractivity contribution in [2.45, 2.75) is 4.90 Å². The minimum absolute atomic E-state index is 0.140. The Labute approximate surface area is 203 Å². The van der Waals surface area contributed by atoms with E-state index in [2.05, 4.69) is 15.6 Å². The van der Waals surface area contributed by atoms with Crippen LogP contribution in [0.4, 0.5) is 10.8 Å². The molecule has 0 aliphatic rings. The summed E-state index contributed by atoms with van der Waals surface area (Å²) in [6.45, 7) is 0. The molecular weight excluding hydrogens is 478 g/mol. The first kappa shape index (κ1) is 24.8. The van der Waals surface area contributed by atoms with E-state index in [1.54, 1.807) is 44.6 Å². The van der Waals surface area contributed by atoms with Gasteiger partial charge in [-0.15, -0.1) is 23.1 Å². The Balaban J connectivity index is 1.56. The summed E-state index contributed by atoms with van der Waals surface area (Å²) in [5, 5.41) is 16.3. The normalized spacial score (nSPS) is 10.6. The fraction of sp³-hybridized carbons (Fsp3) is 0.130. The summed E-state index contributed by atoms with van der Waals surface area (Å²) in [6.07, 6.45) is 1.69. The fourth-order valence-corrected chi connectivity index (χ4v) is 4.25. The summed E-state index contributed by atoms with van der Waals surface area (Å²) >= 11 is 2.60. The molecule has 176 valence electrons. The second-order valence-electron chi connectivity index (χ2n) is 6.63. The number of thiazole rings is 1. The number of carbonyl (C=O) groups is 3. The van der Waals surface area contributed by atoms with E-state index in [1.807, 2.05) is 17.5 Å². The number of hydrogen-bond acceptors (Lipinski definition) is 8. The van der Waals surface area contributed by atoms with Gasteiger partial charge in [-0.25, -0.2) is 9.78 Å². The van der Waals surface area contributed by atoms with E-state index >= 15 is 0 Å². The molecule has 34 heavy (non-hydrogen) atoms. The number of nitrogens with one attached hydrogen (secondary N) is 2. The fourth-order valence-electron chi connectivity index (χ4n) is 2.76. The number of aliphatic carboxylic acids is 1. The van der Waals surface area contributed by atoms with Gasteiger partial charge in [0.05, 0.1) is 25.7 Å². The third kappa shape index (κ3) is 7.09. The van der Waals surface area contributed by atoms with Crippen molar-refractivity contribution in [1.29, 1.82) is 0 Å². The maximum absolute atomic E-state index is 12.4. The van der Waals surface area contributed by atoms with Crippen LogP contribution in [0.15, 0.2) is 64.9 Å². The Kier molecular flexibility index (Phi) is 8.66. The minimum atomic E-state index is -1.21. The molecule has 0 atom stereocenters. The zero-order chi connectivity index (χ0) is 24.5. The lowest BCUT2D eigenvalue weighted by molar-refractivity contribution is -0.131. The molecule has 0 spiro atoms. The Morgan fingerprint density at radius 1 is 1.06 bits per heavy atom. The van der Waals surface area contributed by atoms with Gasteiger partial charge in [0.25, 0.3) is 0 Å². The van der Waals surface area contributed by atoms with Gasteiger partial charge >= 0.3 is 5.97 Å². The lowest BCUT2D eigenvalue weighted by Gasteiger charge is -2.08. The molecule has 0 unspecified atom stereocenters. The zero-order valence-electron chi connectivity index (χ0n) is 18.2. The van der Waals surface area contributed by atoms with Gasteiger partial charge in [0.15, 0.2) is 16.6 Å². The number of hydrogen-bond donors (Lipinski definition) is 3. The van der Waals surface area contributed by atoms with Crippen LogP contribution in [0.2, 0.25) is 0 Å². The molecule has 0 radical (unpaired) electrons. The number of anilines is 2. The van der Waals surface area contributed by atoms with Crippen molar-refractivity contribution in [3.8, 4) is 22.8 Å². The maximum Gasteiger partial charge on any atom is 0.328 e. The number of nitrogens with zero attached hydrogens (tertiary/aromatic N) is 1. The standard InChI is InChI=1S/C23H21N3O6S2/c1-31-18-7-6-14(10-19(18)32-2)17-12-34-23(25-17)26-21(28)13-33-16-5-3-4-15(11-16)24-20(27)8-9-22(29)30/h3-12H,13H2,1-2H3,(H,24,27)(H,29,30)(H,25,26,28)/b9-8+. The van der Waals surface area contributed by atoms with E-state index < -0.39 is 11.9 Å². The number of thioether (sulfide) groups is 1. The van der Waals surface area contributed by atoms with Crippen molar-refractivity contribution < 1.29 is 29.0 Å². The lowest BCUT2D eigenvalue weighted by atomic mass is 10.1. The summed E-state index contributed by atoms with van der Waals surface area (Å²) < 4.78 is 10.6. The number of carbonyl (C=O) groups excluding carboxylic acids is 2. The third-order valence-electron chi connectivity index (χ3n) is 4.28. The molecule has 3 rings (SSSR count). The van der Waals surface area contributed by atoms with Gasteiger partial charge in [0.1, 0.15) is 0 Å². The van der Waals surface area contributed by atoms with Gasteiger partial charge < -0.3 is 25.2 Å². The largest absolute Gasteiger partial charge is 0.493 e. The molecule has 3 aromatic rings. The van der Waals surface area contributed by atoms with Gasteiger partial charge in [-0.3, -0.25) is 9.59 Å². The highest BCUT2D eigenvalue weighted by molar-refractivity contribution is 8.00. The average Bonchev–Trinajstić information content (AvgIpc) is 3.29. The maximum atomic E-state index is 12.4. The van der Waals surface area contributed by atoms with Crippen LogP contribution in [0.25, 0.3) is 11.3 Å². The summed E-state index contributed by atoms with van der Waals surface area (Å²) in [6, 6.07) is 12.4. The number of carboxylic acids is 1. The van der Waals surface area contributed by atoms with Crippen LogP contribution in [-0.4, -0.2) is 47.8 Å². The van der Waals surface area contributed by atoms with Crippen molar-refractivity contribution in [3.05, 3.63) is 60.0 Å². The minimum Gasteiger partial charge on any atom is -0.493 e. The summed E-state index contributed by atoms with van der Waals surface area (Å²) in [7, 11) is 3.13. The average molecular weight is 500 g/mol. The van der Waals surface area contributed by atoms with E-state index in [4.69, 9.17) is 14.6 Å². The monoisotopic (exact) mass is 499 g/mol. The molecule has 11 heteroatoms. The quantitative estimate of drug-likeness (QED) is 0.281. The smallest absolute Gasteiger partial charge is 0.328 e. The Morgan fingerprint density at radius 2 is 1.85 bits per heavy atom. The van der Waals surface area contributed by atoms with Crippen LogP contribution in [0.3, 0.4) is 0 Å². The van der Waals surface area contributed by atoms with Gasteiger partial charge in [-0.05, 0) is 36.4 Å². The molecule has 0 aliphatic heterocycles. The number of rotatable bonds is 10. The number of carboxylic acid groups (broad SMARTS) is 1. The van der Waals surface area contributed by atoms with Crippen LogP contribution in [-0.2, 0) is 14.4 Å². The molecule has 0 saturated carbocycles. The van der Waals surface area contributed by atoms with Crippen LogP contribution in [0.1, 0.15) is 0 Å². The number of aromatic nitrogens is 1. The second kappa shape index (κ2) is 11.9. The van der Waals surface area contributed by atoms with E-state index in [-0.39, 0.29) is 11.7 Å². The molecule has 1 aromatic heterocycles. The molecule has 2 amide bonds. The van der Waals surface area contributed by atoms with Gasteiger partial charge in [-0.2, -0.15) is 0 Å². The molecule has 1 heterocycles. The number of ether oxygens (including phenoxy) is 2. The van der Waals surface area contributed by atoms with Crippen LogP contribution >= 0.6 is 23.1 Å². The van der Waals surface area contributed by atoms with E-state index in [9.17, 15) is 14.4 Å². The van der Waals surface area contributed by atoms with E-state index in [0.29, 0.717) is 28.0 Å². The van der Waals surface area contributed by atoms with E-state index in [0.717, 1.165) is 22.6 Å². The highest BCUT2D eigenvalue weighted by Crippen LogP contribution is 2.33. The van der Waals surface area contributed by atoms with Crippen molar-refractivity contribution in [3.63, 3.8) is 0 Å². The number of benzene rings is 2. The third-order valence-corrected chi connectivity index (χ3v) is 6.03. The molecule has 2 aromatic carbocycles. The van der Waals surface area contributed by atoms with Crippen LogP contribution in [0, 0.1) is 0 Å². The van der Waals surface area contributed by atoms with Crippen LogP contribution < -0.4 is 20.1 Å². The van der Waals surface area contributed by atoms with E-state index in [1.165, 1.54) is 23.1 Å². The number of methoxy groups -OCH3 is 2. The van der Waals surface area contributed by atoms with Crippen molar-refractivity contribution >= 4 is 51.7 Å². The predicted octanol–water partition coefficient (Wildman–Crippen LogP) is 4.14. The predicted molar refractivity (Wildman–Crippen MR) is 132 cm³/mol. The summed E-state index contributed by atoms with van der Waals surface area (Å²) in [4.78, 5) is 39.8. The molecule has 0 fully saturated rings. The topological polar surface area (TPSA) is 127 Å². The Morgan fingerprint density at radius 3 is 2.59 bits per heavy atom. The summed E-state index contributed by atoms with van der Waals surface area (Å²) in [5.74, 6) is -0.643. The van der Waals surface area contributed by atoms with Crippen molar-refractivity contribution in [1.82, 2.24) is 4.98 Å². The molecule has 0 saturated heterocycles. The van der Waals surface area contributed by atoms with Gasteiger partial charge in [0.2, 0.25) is 11.8 Å². The first-order valence-corrected chi connectivity index (χ1v) is 11.7.